The van der Waals surface area contributed by atoms with Gasteiger partial charge in [-0.25, -0.2) is 4.79 Å². The minimum atomic E-state index is -4.42. The predicted octanol–water partition coefficient (Wildman–Crippen LogP) is 1.61. The number of nitrogens with one attached hydrogen (secondary N) is 2. The summed E-state index contributed by atoms with van der Waals surface area (Å²) in [4.78, 5) is 12.8. The summed E-state index contributed by atoms with van der Waals surface area (Å²) in [6.45, 7) is 3.10. The molecule has 0 saturated carbocycles. The third-order valence-corrected chi connectivity index (χ3v) is 3.30. The normalized spacial score (nSPS) is 18.9. The summed E-state index contributed by atoms with van der Waals surface area (Å²) in [5.74, 6) is 0. The van der Waals surface area contributed by atoms with E-state index in [1.54, 1.807) is 0 Å². The second-order valence-electron chi connectivity index (χ2n) is 5.20. The van der Waals surface area contributed by atoms with Crippen molar-refractivity contribution < 1.29 is 18.0 Å². The van der Waals surface area contributed by atoms with Crippen LogP contribution in [0.25, 0.3) is 0 Å². The predicted molar refractivity (Wildman–Crippen MR) is 66.9 cm³/mol. The summed E-state index contributed by atoms with van der Waals surface area (Å²) in [5.41, 5.74) is -0.500. The lowest BCUT2D eigenvalue weighted by Crippen LogP contribution is -2.72. The fraction of sp³-hybridized carbons (Fsp3) is 0.833. The van der Waals surface area contributed by atoms with Crippen molar-refractivity contribution in [1.29, 1.82) is 5.26 Å². The molecule has 114 valence electrons. The van der Waals surface area contributed by atoms with Gasteiger partial charge in [0.1, 0.15) is 6.54 Å². The molecule has 1 aliphatic heterocycles. The van der Waals surface area contributed by atoms with Crippen LogP contribution in [0.3, 0.4) is 0 Å². The number of halogens is 3. The molecule has 1 unspecified atom stereocenters. The van der Waals surface area contributed by atoms with E-state index in [-0.39, 0.29) is 25.6 Å². The first-order valence-corrected chi connectivity index (χ1v) is 6.45. The maximum Gasteiger partial charge on any atom is 0.405 e. The first-order valence-electron chi connectivity index (χ1n) is 6.45. The SMILES string of the molecule is CCC(C)NC1(CC#N)CN(C(=O)NCC(F)(F)F)C1. The van der Waals surface area contributed by atoms with Crippen LogP contribution in [0.15, 0.2) is 0 Å². The number of likely N-dealkylation sites (tertiary alicyclic amines) is 1. The molecule has 0 aliphatic carbocycles. The number of hydrogen-bond acceptors (Lipinski definition) is 3. The largest absolute Gasteiger partial charge is 0.405 e. The topological polar surface area (TPSA) is 68.2 Å². The molecule has 1 aliphatic rings. The molecule has 5 nitrogen and oxygen atoms in total. The van der Waals surface area contributed by atoms with E-state index in [0.29, 0.717) is 0 Å². The summed E-state index contributed by atoms with van der Waals surface area (Å²) in [6, 6.07) is 1.49. The van der Waals surface area contributed by atoms with E-state index in [2.05, 4.69) is 11.4 Å². The average Bonchev–Trinajstić information content (AvgIpc) is 2.31. The highest BCUT2D eigenvalue weighted by molar-refractivity contribution is 5.75. The van der Waals surface area contributed by atoms with Gasteiger partial charge in [-0.05, 0) is 13.3 Å². The van der Waals surface area contributed by atoms with Gasteiger partial charge in [-0.2, -0.15) is 18.4 Å². The van der Waals surface area contributed by atoms with Crippen molar-refractivity contribution in [3.63, 3.8) is 0 Å². The highest BCUT2D eigenvalue weighted by Crippen LogP contribution is 2.25. The zero-order chi connectivity index (χ0) is 15.4. The van der Waals surface area contributed by atoms with Crippen LogP contribution in [0.1, 0.15) is 26.7 Å². The van der Waals surface area contributed by atoms with E-state index < -0.39 is 24.3 Å². The molecule has 1 atom stereocenters. The molecule has 8 heteroatoms. The van der Waals surface area contributed by atoms with Crippen molar-refractivity contribution in [3.8, 4) is 6.07 Å². The van der Waals surface area contributed by atoms with Gasteiger partial charge in [-0.3, -0.25) is 0 Å². The third kappa shape index (κ3) is 4.56. The molecule has 0 spiro atoms. The second-order valence-corrected chi connectivity index (χ2v) is 5.20. The highest BCUT2D eigenvalue weighted by Gasteiger charge is 2.46. The van der Waals surface area contributed by atoms with Gasteiger partial charge < -0.3 is 15.5 Å². The van der Waals surface area contributed by atoms with Crippen molar-refractivity contribution in [2.24, 2.45) is 0 Å². The number of amides is 2. The zero-order valence-electron chi connectivity index (χ0n) is 11.5. The molecule has 0 bridgehead atoms. The lowest BCUT2D eigenvalue weighted by molar-refractivity contribution is -0.123. The Balaban J connectivity index is 2.48. The minimum absolute atomic E-state index is 0.184. The number of carbonyl (C=O) groups excluding carboxylic acids is 1. The van der Waals surface area contributed by atoms with Gasteiger partial charge in [0.25, 0.3) is 0 Å². The Bertz CT molecular complexity index is 385. The fourth-order valence-corrected chi connectivity index (χ4v) is 2.15. The molecule has 2 N–H and O–H groups in total. The first kappa shape index (κ1) is 16.6. The Morgan fingerprint density at radius 2 is 2.10 bits per heavy atom. The standard InChI is InChI=1S/C12H19F3N4O/c1-3-9(2)18-11(4-5-16)7-19(8-11)10(20)17-6-12(13,14)15/h9,18H,3-4,6-8H2,1-2H3,(H,17,20). The Hall–Kier alpha value is -1.49. The third-order valence-electron chi connectivity index (χ3n) is 3.30. The van der Waals surface area contributed by atoms with Gasteiger partial charge in [0, 0.05) is 19.1 Å². The van der Waals surface area contributed by atoms with Crippen molar-refractivity contribution in [2.45, 2.75) is 44.4 Å². The van der Waals surface area contributed by atoms with E-state index in [0.717, 1.165) is 6.42 Å². The molecule has 0 aromatic carbocycles. The minimum Gasteiger partial charge on any atom is -0.329 e. The summed E-state index contributed by atoms with van der Waals surface area (Å²) >= 11 is 0. The molecule has 1 heterocycles. The van der Waals surface area contributed by atoms with Gasteiger partial charge in [-0.1, -0.05) is 6.92 Å². The summed E-state index contributed by atoms with van der Waals surface area (Å²) in [7, 11) is 0. The number of urea groups is 1. The number of rotatable bonds is 5. The van der Waals surface area contributed by atoms with Gasteiger partial charge >= 0.3 is 12.2 Å². The van der Waals surface area contributed by atoms with E-state index >= 15 is 0 Å². The Morgan fingerprint density at radius 3 is 2.55 bits per heavy atom. The smallest absolute Gasteiger partial charge is 0.329 e. The monoisotopic (exact) mass is 292 g/mol. The van der Waals surface area contributed by atoms with E-state index in [1.165, 1.54) is 4.90 Å². The lowest BCUT2D eigenvalue weighted by Gasteiger charge is -2.50. The Kier molecular flexibility index (Phi) is 5.22. The molecule has 2 amide bonds. The summed E-state index contributed by atoms with van der Waals surface area (Å²) < 4.78 is 36.0. The van der Waals surface area contributed by atoms with Crippen LogP contribution >= 0.6 is 0 Å². The molecule has 20 heavy (non-hydrogen) atoms. The van der Waals surface area contributed by atoms with Crippen LogP contribution in [0.5, 0.6) is 0 Å². The van der Waals surface area contributed by atoms with Crippen LogP contribution < -0.4 is 10.6 Å². The quantitative estimate of drug-likeness (QED) is 0.809. The Morgan fingerprint density at radius 1 is 1.50 bits per heavy atom. The summed E-state index contributed by atoms with van der Waals surface area (Å²) in [6.07, 6.45) is -3.33. The van der Waals surface area contributed by atoms with Crippen LogP contribution in [-0.2, 0) is 0 Å². The molecule has 1 fully saturated rings. The fourth-order valence-electron chi connectivity index (χ4n) is 2.15. The molecule has 1 saturated heterocycles. The summed E-state index contributed by atoms with van der Waals surface area (Å²) in [5, 5.41) is 13.9. The van der Waals surface area contributed by atoms with Crippen molar-refractivity contribution >= 4 is 6.03 Å². The van der Waals surface area contributed by atoms with E-state index in [9.17, 15) is 18.0 Å². The van der Waals surface area contributed by atoms with Crippen LogP contribution in [0.2, 0.25) is 0 Å². The maximum absolute atomic E-state index is 12.0. The number of nitrogens with zero attached hydrogens (tertiary/aromatic N) is 2. The van der Waals surface area contributed by atoms with Crippen LogP contribution in [-0.4, -0.2) is 48.3 Å². The van der Waals surface area contributed by atoms with E-state index in [4.69, 9.17) is 5.26 Å². The highest BCUT2D eigenvalue weighted by atomic mass is 19.4. The Labute approximate surface area is 116 Å². The molecule has 0 aromatic rings. The average molecular weight is 292 g/mol. The number of alkyl halides is 3. The number of nitriles is 1. The van der Waals surface area contributed by atoms with Crippen LogP contribution in [0, 0.1) is 11.3 Å². The second kappa shape index (κ2) is 6.31. The van der Waals surface area contributed by atoms with Crippen LogP contribution in [0.4, 0.5) is 18.0 Å². The van der Waals surface area contributed by atoms with Crippen molar-refractivity contribution in [3.05, 3.63) is 0 Å². The lowest BCUT2D eigenvalue weighted by atomic mass is 9.86. The van der Waals surface area contributed by atoms with Gasteiger partial charge in [0.15, 0.2) is 0 Å². The van der Waals surface area contributed by atoms with Gasteiger partial charge in [0.05, 0.1) is 18.0 Å². The van der Waals surface area contributed by atoms with Crippen molar-refractivity contribution in [2.75, 3.05) is 19.6 Å². The molecule has 0 aromatic heterocycles. The maximum atomic E-state index is 12.0. The van der Waals surface area contributed by atoms with E-state index in [1.807, 2.05) is 19.2 Å². The molecular formula is C12H19F3N4O. The first-order chi connectivity index (χ1) is 9.21. The van der Waals surface area contributed by atoms with Crippen molar-refractivity contribution in [1.82, 2.24) is 15.5 Å². The van der Waals surface area contributed by atoms with Gasteiger partial charge in [-0.15, -0.1) is 0 Å². The molecule has 1 rings (SSSR count). The molecular weight excluding hydrogens is 273 g/mol. The zero-order valence-corrected chi connectivity index (χ0v) is 11.5. The number of carbonyl (C=O) groups is 1. The number of hydrogen-bond donors (Lipinski definition) is 2. The van der Waals surface area contributed by atoms with Gasteiger partial charge in [0.2, 0.25) is 0 Å². The molecule has 0 radical (unpaired) electrons.